The Bertz CT molecular complexity index is 1070. The second-order valence-corrected chi connectivity index (χ2v) is 8.88. The van der Waals surface area contributed by atoms with Crippen LogP contribution in [0.3, 0.4) is 0 Å². The maximum absolute atomic E-state index is 15.1. The van der Waals surface area contributed by atoms with Gasteiger partial charge in [0.1, 0.15) is 5.83 Å². The Kier molecular flexibility index (Phi) is 9.14. The van der Waals surface area contributed by atoms with Gasteiger partial charge >= 0.3 is 0 Å². The third-order valence-electron chi connectivity index (χ3n) is 6.38. The standard InChI is InChI=1S/C28H35FN4O/c1-4-6-8-23(25(29)9-7-5-2)22-13-12-21(11-10-20(3)16-22)24(17-30)28(34)33-15-14-26-27(18-33)32-19-31-26/h5,7,9,12-13,16-17,19-20,30H,2,4,6,8,10-11,14-15,18H2,1,3H3,(H,31,32)/b9-7-,13-12-,22-16+,24-21-,25-23-,30-17?. The van der Waals surface area contributed by atoms with E-state index in [1.54, 1.807) is 23.4 Å². The second-order valence-electron chi connectivity index (χ2n) is 8.88. The number of carbonyl (C=O) groups is 1. The molecule has 0 saturated heterocycles. The van der Waals surface area contributed by atoms with E-state index in [1.807, 2.05) is 12.2 Å². The molecule has 5 nitrogen and oxygen atoms in total. The summed E-state index contributed by atoms with van der Waals surface area (Å²) in [4.78, 5) is 22.6. The van der Waals surface area contributed by atoms with Crippen LogP contribution in [-0.4, -0.2) is 33.5 Å². The van der Waals surface area contributed by atoms with Gasteiger partial charge in [-0.15, -0.1) is 0 Å². The minimum absolute atomic E-state index is 0.143. The Balaban J connectivity index is 1.94. The number of nitrogens with zero attached hydrogens (tertiary/aromatic N) is 2. The van der Waals surface area contributed by atoms with Crippen LogP contribution in [0.15, 0.2) is 77.5 Å². The molecule has 0 spiro atoms. The number of aromatic nitrogens is 2. The molecule has 0 saturated carbocycles. The van der Waals surface area contributed by atoms with Crippen LogP contribution in [0.4, 0.5) is 4.39 Å². The smallest absolute Gasteiger partial charge is 0.256 e. The molecule has 1 aliphatic heterocycles. The summed E-state index contributed by atoms with van der Waals surface area (Å²) >= 11 is 0. The molecule has 2 N–H and O–H groups in total. The lowest BCUT2D eigenvalue weighted by Crippen LogP contribution is -2.37. The van der Waals surface area contributed by atoms with Crippen molar-refractivity contribution in [1.29, 1.82) is 5.41 Å². The molecule has 1 aromatic heterocycles. The van der Waals surface area contributed by atoms with E-state index in [2.05, 4.69) is 36.5 Å². The number of carbonyl (C=O) groups excluding carboxylic acids is 1. The average Bonchev–Trinajstić information content (AvgIpc) is 3.30. The van der Waals surface area contributed by atoms with Crippen molar-refractivity contribution in [3.05, 3.63) is 88.9 Å². The molecule has 6 heteroatoms. The first-order chi connectivity index (χ1) is 16.5. The first-order valence-corrected chi connectivity index (χ1v) is 12.1. The quantitative estimate of drug-likeness (QED) is 0.270. The number of allylic oxidation sites excluding steroid dienone is 10. The summed E-state index contributed by atoms with van der Waals surface area (Å²) in [6.07, 6.45) is 18.1. The Morgan fingerprint density at radius 3 is 2.94 bits per heavy atom. The van der Waals surface area contributed by atoms with Crippen LogP contribution in [0.25, 0.3) is 0 Å². The van der Waals surface area contributed by atoms with Crippen LogP contribution in [0, 0.1) is 11.3 Å². The second kappa shape index (κ2) is 12.3. The Morgan fingerprint density at radius 1 is 1.38 bits per heavy atom. The first kappa shape index (κ1) is 25.3. The predicted molar refractivity (Wildman–Crippen MR) is 136 cm³/mol. The summed E-state index contributed by atoms with van der Waals surface area (Å²) in [5.41, 5.74) is 4.70. The normalized spacial score (nSPS) is 23.2. The predicted octanol–water partition coefficient (Wildman–Crippen LogP) is 6.31. The molecular weight excluding hydrogens is 427 g/mol. The Hall–Kier alpha value is -3.28. The third-order valence-corrected chi connectivity index (χ3v) is 6.38. The molecule has 3 rings (SSSR count). The SMILES string of the molecule is C=C\C=C/C(F)=C(CCCC)/C1=C/C(C)CCC(=C(\C=N)C(=O)N2CCc3nc[nH]c3C2)/C=C\1. The van der Waals surface area contributed by atoms with Crippen molar-refractivity contribution in [3.8, 4) is 0 Å². The van der Waals surface area contributed by atoms with Crippen LogP contribution in [-0.2, 0) is 17.8 Å². The average molecular weight is 463 g/mol. The molecular formula is C28H35FN4O. The van der Waals surface area contributed by atoms with Crippen molar-refractivity contribution >= 4 is 12.1 Å². The summed E-state index contributed by atoms with van der Waals surface area (Å²) in [5, 5.41) is 8.02. The fraction of sp³-hybridized carbons (Fsp3) is 0.393. The number of H-pyrrole nitrogens is 1. The van der Waals surface area contributed by atoms with Crippen LogP contribution < -0.4 is 0 Å². The summed E-state index contributed by atoms with van der Waals surface area (Å²) in [7, 11) is 0. The number of imidazole rings is 1. The molecule has 0 bridgehead atoms. The lowest BCUT2D eigenvalue weighted by atomic mass is 9.88. The number of fused-ring (bicyclic) bond motifs is 1. The lowest BCUT2D eigenvalue weighted by molar-refractivity contribution is -0.127. The van der Waals surface area contributed by atoms with Crippen LogP contribution in [0.2, 0.25) is 0 Å². The molecule has 180 valence electrons. The Morgan fingerprint density at radius 2 is 2.21 bits per heavy atom. The Labute approximate surface area is 202 Å². The van der Waals surface area contributed by atoms with Crippen LogP contribution in [0.5, 0.6) is 0 Å². The minimum Gasteiger partial charge on any atom is -0.347 e. The van der Waals surface area contributed by atoms with Crippen molar-refractivity contribution < 1.29 is 9.18 Å². The van der Waals surface area contributed by atoms with Crippen molar-refractivity contribution in [2.24, 2.45) is 5.92 Å². The fourth-order valence-corrected chi connectivity index (χ4v) is 4.38. The highest BCUT2D eigenvalue weighted by Gasteiger charge is 2.25. The number of unbranched alkanes of at least 4 members (excludes halogenated alkanes) is 1. The number of rotatable bonds is 8. The zero-order valence-electron chi connectivity index (χ0n) is 20.2. The van der Waals surface area contributed by atoms with E-state index in [0.717, 1.165) is 41.8 Å². The fourth-order valence-electron chi connectivity index (χ4n) is 4.38. The minimum atomic E-state index is -0.255. The first-order valence-electron chi connectivity index (χ1n) is 12.1. The van der Waals surface area contributed by atoms with E-state index in [9.17, 15) is 4.79 Å². The van der Waals surface area contributed by atoms with Gasteiger partial charge in [-0.25, -0.2) is 9.37 Å². The number of halogens is 1. The van der Waals surface area contributed by atoms with Gasteiger partial charge in [0.05, 0.1) is 29.8 Å². The number of hydrogen-bond acceptors (Lipinski definition) is 3. The number of aromatic amines is 1. The maximum Gasteiger partial charge on any atom is 0.256 e. The molecule has 1 amide bonds. The summed E-state index contributed by atoms with van der Waals surface area (Å²) in [6.45, 7) is 8.89. The van der Waals surface area contributed by atoms with Gasteiger partial charge in [0.2, 0.25) is 0 Å². The highest BCUT2D eigenvalue weighted by Crippen LogP contribution is 2.30. The topological polar surface area (TPSA) is 72.8 Å². The molecule has 1 aliphatic carbocycles. The molecule has 34 heavy (non-hydrogen) atoms. The van der Waals surface area contributed by atoms with E-state index < -0.39 is 0 Å². The maximum atomic E-state index is 15.1. The van der Waals surface area contributed by atoms with Crippen LogP contribution in [0.1, 0.15) is 57.3 Å². The van der Waals surface area contributed by atoms with E-state index in [0.29, 0.717) is 43.5 Å². The van der Waals surface area contributed by atoms with Crippen molar-refractivity contribution in [2.45, 2.75) is 58.9 Å². The monoisotopic (exact) mass is 462 g/mol. The molecule has 1 unspecified atom stereocenters. The van der Waals surface area contributed by atoms with Gasteiger partial charge in [-0.05, 0) is 54.4 Å². The molecule has 1 atom stereocenters. The molecule has 0 radical (unpaired) electrons. The van der Waals surface area contributed by atoms with Gasteiger partial charge < -0.3 is 15.3 Å². The zero-order valence-corrected chi connectivity index (χ0v) is 20.2. The summed E-state index contributed by atoms with van der Waals surface area (Å²) in [5.74, 6) is -0.183. The van der Waals surface area contributed by atoms with Crippen molar-refractivity contribution in [1.82, 2.24) is 14.9 Å². The van der Waals surface area contributed by atoms with Crippen LogP contribution >= 0.6 is 0 Å². The molecule has 1 aromatic rings. The van der Waals surface area contributed by atoms with Gasteiger partial charge in [0, 0.05) is 19.2 Å². The summed E-state index contributed by atoms with van der Waals surface area (Å²) < 4.78 is 15.1. The zero-order chi connectivity index (χ0) is 24.5. The van der Waals surface area contributed by atoms with Crippen molar-refractivity contribution in [2.75, 3.05) is 6.54 Å². The van der Waals surface area contributed by atoms with E-state index >= 15 is 4.39 Å². The number of nitrogens with one attached hydrogen (secondary N) is 2. The van der Waals surface area contributed by atoms with Gasteiger partial charge in [-0.1, -0.05) is 57.2 Å². The highest BCUT2D eigenvalue weighted by molar-refractivity contribution is 6.12. The molecule has 0 fully saturated rings. The lowest BCUT2D eigenvalue weighted by Gasteiger charge is -2.27. The largest absolute Gasteiger partial charge is 0.347 e. The molecule has 2 heterocycles. The van der Waals surface area contributed by atoms with Crippen molar-refractivity contribution in [3.63, 3.8) is 0 Å². The number of amides is 1. The molecule has 2 aliphatic rings. The molecule has 0 aromatic carbocycles. The van der Waals surface area contributed by atoms with E-state index in [-0.39, 0.29) is 17.7 Å². The van der Waals surface area contributed by atoms with E-state index in [4.69, 9.17) is 5.41 Å². The summed E-state index contributed by atoms with van der Waals surface area (Å²) in [6, 6.07) is 0. The van der Waals surface area contributed by atoms with Gasteiger partial charge in [0.25, 0.3) is 5.91 Å². The number of hydrogen-bond donors (Lipinski definition) is 2. The third kappa shape index (κ3) is 6.19. The van der Waals surface area contributed by atoms with Gasteiger partial charge in [0.15, 0.2) is 0 Å². The van der Waals surface area contributed by atoms with Gasteiger partial charge in [-0.3, -0.25) is 4.79 Å². The van der Waals surface area contributed by atoms with Gasteiger partial charge in [-0.2, -0.15) is 0 Å². The highest BCUT2D eigenvalue weighted by atomic mass is 19.1. The van der Waals surface area contributed by atoms with E-state index in [1.165, 1.54) is 12.3 Å².